The van der Waals surface area contributed by atoms with Crippen LogP contribution in [0.4, 0.5) is 0 Å². The van der Waals surface area contributed by atoms with E-state index in [1.54, 1.807) is 7.11 Å². The molecule has 0 spiro atoms. The molecule has 3 nitrogen and oxygen atoms in total. The van der Waals surface area contributed by atoms with Gasteiger partial charge in [0.25, 0.3) is 0 Å². The molecule has 0 saturated carbocycles. The highest BCUT2D eigenvalue weighted by molar-refractivity contribution is 5.42. The van der Waals surface area contributed by atoms with Crippen molar-refractivity contribution in [2.45, 2.75) is 33.2 Å². The van der Waals surface area contributed by atoms with Crippen LogP contribution in [-0.4, -0.2) is 20.2 Å². The molecule has 0 aliphatic rings. The molecule has 0 atom stereocenters. The Labute approximate surface area is 104 Å². The highest BCUT2D eigenvalue weighted by Gasteiger charge is 2.06. The summed E-state index contributed by atoms with van der Waals surface area (Å²) < 4.78 is 5.43. The highest BCUT2D eigenvalue weighted by atomic mass is 16.5. The molecule has 3 heteroatoms. The van der Waals surface area contributed by atoms with E-state index in [2.05, 4.69) is 31.3 Å². The van der Waals surface area contributed by atoms with Gasteiger partial charge in [-0.3, -0.25) is 0 Å². The van der Waals surface area contributed by atoms with Crippen molar-refractivity contribution in [3.05, 3.63) is 28.8 Å². The largest absolute Gasteiger partial charge is 0.496 e. The van der Waals surface area contributed by atoms with Gasteiger partial charge in [0.1, 0.15) is 5.75 Å². The van der Waals surface area contributed by atoms with E-state index in [1.165, 1.54) is 16.7 Å². The average molecular weight is 236 g/mol. The van der Waals surface area contributed by atoms with E-state index >= 15 is 0 Å². The molecule has 96 valence electrons. The number of hydrogen-bond acceptors (Lipinski definition) is 3. The van der Waals surface area contributed by atoms with Gasteiger partial charge in [-0.25, -0.2) is 0 Å². The smallest absolute Gasteiger partial charge is 0.123 e. The lowest BCUT2D eigenvalue weighted by molar-refractivity contribution is 0.406. The van der Waals surface area contributed by atoms with Crippen molar-refractivity contribution in [1.82, 2.24) is 5.32 Å². The van der Waals surface area contributed by atoms with Crippen molar-refractivity contribution >= 4 is 0 Å². The molecule has 0 bridgehead atoms. The molecule has 0 amide bonds. The molecule has 3 N–H and O–H groups in total. The van der Waals surface area contributed by atoms with Crippen LogP contribution in [0.1, 0.15) is 29.5 Å². The quantitative estimate of drug-likeness (QED) is 0.713. The van der Waals surface area contributed by atoms with Crippen molar-refractivity contribution in [2.75, 3.05) is 20.2 Å². The van der Waals surface area contributed by atoms with Crippen LogP contribution in [0.5, 0.6) is 5.75 Å². The summed E-state index contributed by atoms with van der Waals surface area (Å²) in [6.07, 6.45) is 2.21. The van der Waals surface area contributed by atoms with Crippen LogP contribution in [-0.2, 0) is 6.54 Å². The first-order valence-electron chi connectivity index (χ1n) is 6.24. The molecule has 0 fully saturated rings. The van der Waals surface area contributed by atoms with E-state index in [-0.39, 0.29) is 0 Å². The minimum Gasteiger partial charge on any atom is -0.496 e. The molecule has 1 aromatic carbocycles. The van der Waals surface area contributed by atoms with Gasteiger partial charge in [0.15, 0.2) is 0 Å². The van der Waals surface area contributed by atoms with Crippen molar-refractivity contribution in [1.29, 1.82) is 0 Å². The molecular weight excluding hydrogens is 212 g/mol. The van der Waals surface area contributed by atoms with E-state index in [9.17, 15) is 0 Å². The Kier molecular flexibility index (Phi) is 6.01. The van der Waals surface area contributed by atoms with Gasteiger partial charge in [-0.1, -0.05) is 6.07 Å². The molecule has 0 aliphatic heterocycles. The third-order valence-electron chi connectivity index (χ3n) is 2.91. The Morgan fingerprint density at radius 1 is 1.24 bits per heavy atom. The lowest BCUT2D eigenvalue weighted by atomic mass is 10.0. The van der Waals surface area contributed by atoms with E-state index in [0.717, 1.165) is 38.2 Å². The predicted octanol–water partition coefficient (Wildman–Crippen LogP) is 2.14. The highest BCUT2D eigenvalue weighted by Crippen LogP contribution is 2.23. The van der Waals surface area contributed by atoms with Crippen molar-refractivity contribution in [3.8, 4) is 5.75 Å². The standard InChI is InChI=1S/C14H24N2O/c1-11-8-12(2)13(14(9-11)17-3)10-16-7-5-4-6-15/h8-9,16H,4-7,10,15H2,1-3H3. The summed E-state index contributed by atoms with van der Waals surface area (Å²) in [5.41, 5.74) is 9.24. The first-order valence-corrected chi connectivity index (χ1v) is 6.24. The van der Waals surface area contributed by atoms with E-state index in [4.69, 9.17) is 10.5 Å². The zero-order valence-electron chi connectivity index (χ0n) is 11.2. The molecule has 1 rings (SSSR count). The minimum absolute atomic E-state index is 0.772. The number of methoxy groups -OCH3 is 1. The molecule has 0 radical (unpaired) electrons. The summed E-state index contributed by atoms with van der Waals surface area (Å²) in [4.78, 5) is 0. The van der Waals surface area contributed by atoms with Gasteiger partial charge < -0.3 is 15.8 Å². The molecule has 17 heavy (non-hydrogen) atoms. The van der Waals surface area contributed by atoms with Crippen LogP contribution < -0.4 is 15.8 Å². The zero-order chi connectivity index (χ0) is 12.7. The maximum Gasteiger partial charge on any atom is 0.123 e. The topological polar surface area (TPSA) is 47.3 Å². The minimum atomic E-state index is 0.772. The molecule has 0 aliphatic carbocycles. The van der Waals surface area contributed by atoms with E-state index in [0.29, 0.717) is 0 Å². The molecule has 1 aromatic rings. The number of unbranched alkanes of at least 4 members (excludes halogenated alkanes) is 1. The van der Waals surface area contributed by atoms with Crippen LogP contribution in [0, 0.1) is 13.8 Å². The second-order valence-corrected chi connectivity index (χ2v) is 4.44. The summed E-state index contributed by atoms with van der Waals surface area (Å²) in [6, 6.07) is 4.28. The Bertz CT molecular complexity index is 350. The van der Waals surface area contributed by atoms with Crippen LogP contribution in [0.2, 0.25) is 0 Å². The SMILES string of the molecule is COc1cc(C)cc(C)c1CNCCCCN. The van der Waals surface area contributed by atoms with Crippen LogP contribution in [0.3, 0.4) is 0 Å². The predicted molar refractivity (Wildman–Crippen MR) is 72.5 cm³/mol. The lowest BCUT2D eigenvalue weighted by Gasteiger charge is -2.13. The number of nitrogens with one attached hydrogen (secondary N) is 1. The summed E-state index contributed by atoms with van der Waals surface area (Å²) in [6.45, 7) is 6.86. The Morgan fingerprint density at radius 2 is 2.00 bits per heavy atom. The molecular formula is C14H24N2O. The summed E-state index contributed by atoms with van der Waals surface area (Å²) in [5, 5.41) is 3.44. The third kappa shape index (κ3) is 4.36. The first kappa shape index (κ1) is 14.0. The van der Waals surface area contributed by atoms with Gasteiger partial charge in [-0.15, -0.1) is 0 Å². The second kappa shape index (κ2) is 7.30. The number of nitrogens with two attached hydrogens (primary N) is 1. The summed E-state index contributed by atoms with van der Waals surface area (Å²) in [7, 11) is 1.73. The maximum absolute atomic E-state index is 5.46. The van der Waals surface area contributed by atoms with Crippen molar-refractivity contribution in [3.63, 3.8) is 0 Å². The fourth-order valence-electron chi connectivity index (χ4n) is 1.97. The van der Waals surface area contributed by atoms with Gasteiger partial charge in [0.05, 0.1) is 7.11 Å². The zero-order valence-corrected chi connectivity index (χ0v) is 11.2. The van der Waals surface area contributed by atoms with Crippen LogP contribution in [0.15, 0.2) is 12.1 Å². The van der Waals surface area contributed by atoms with Crippen molar-refractivity contribution < 1.29 is 4.74 Å². The van der Waals surface area contributed by atoms with Gasteiger partial charge >= 0.3 is 0 Å². The number of ether oxygens (including phenoxy) is 1. The molecule has 0 heterocycles. The van der Waals surface area contributed by atoms with Gasteiger partial charge in [-0.2, -0.15) is 0 Å². The maximum atomic E-state index is 5.46. The third-order valence-corrected chi connectivity index (χ3v) is 2.91. The fourth-order valence-corrected chi connectivity index (χ4v) is 1.97. The lowest BCUT2D eigenvalue weighted by Crippen LogP contribution is -2.17. The number of rotatable bonds is 7. The normalized spacial score (nSPS) is 10.6. The second-order valence-electron chi connectivity index (χ2n) is 4.44. The molecule has 0 unspecified atom stereocenters. The number of aryl methyl sites for hydroxylation is 2. The van der Waals surface area contributed by atoms with Crippen LogP contribution >= 0.6 is 0 Å². The van der Waals surface area contributed by atoms with Gasteiger partial charge in [0.2, 0.25) is 0 Å². The Morgan fingerprint density at radius 3 is 2.65 bits per heavy atom. The monoisotopic (exact) mass is 236 g/mol. The van der Waals surface area contributed by atoms with E-state index < -0.39 is 0 Å². The Hall–Kier alpha value is -1.06. The van der Waals surface area contributed by atoms with E-state index in [1.807, 2.05) is 0 Å². The Balaban J connectivity index is 2.57. The fraction of sp³-hybridized carbons (Fsp3) is 0.571. The first-order chi connectivity index (χ1) is 8.19. The summed E-state index contributed by atoms with van der Waals surface area (Å²) >= 11 is 0. The number of hydrogen-bond donors (Lipinski definition) is 2. The van der Waals surface area contributed by atoms with Crippen molar-refractivity contribution in [2.24, 2.45) is 5.73 Å². The van der Waals surface area contributed by atoms with Crippen LogP contribution in [0.25, 0.3) is 0 Å². The molecule has 0 aromatic heterocycles. The average Bonchev–Trinajstić information content (AvgIpc) is 2.30. The van der Waals surface area contributed by atoms with Gasteiger partial charge in [0, 0.05) is 12.1 Å². The number of benzene rings is 1. The molecule has 0 saturated heterocycles. The van der Waals surface area contributed by atoms with Gasteiger partial charge in [-0.05, 0) is 57.0 Å². The summed E-state index contributed by atoms with van der Waals surface area (Å²) in [5.74, 6) is 0.980.